The summed E-state index contributed by atoms with van der Waals surface area (Å²) in [6.07, 6.45) is 5.44. The average molecular weight is 342 g/mol. The van der Waals surface area contributed by atoms with Crippen LogP contribution in [0, 0.1) is 5.92 Å². The summed E-state index contributed by atoms with van der Waals surface area (Å²) in [4.78, 5) is 16.4. The van der Waals surface area contributed by atoms with Crippen LogP contribution >= 0.6 is 24.8 Å². The Hall–Kier alpha value is -1.36. The van der Waals surface area contributed by atoms with Crippen LogP contribution in [0.1, 0.15) is 25.7 Å². The zero-order valence-corrected chi connectivity index (χ0v) is 13.8. The number of carbonyl (C=O) groups excluding carboxylic acids is 1. The molecule has 3 N–H and O–H groups in total. The number of benzene rings is 1. The normalized spacial score (nSPS) is 20.0. The fourth-order valence-electron chi connectivity index (χ4n) is 2.91. The Morgan fingerprint density at radius 1 is 1.27 bits per heavy atom. The smallest absolute Gasteiger partial charge is 0.224 e. The Morgan fingerprint density at radius 2 is 2.05 bits per heavy atom. The lowest BCUT2D eigenvalue weighted by molar-refractivity contribution is -0.117. The maximum absolute atomic E-state index is 12.1. The summed E-state index contributed by atoms with van der Waals surface area (Å²) >= 11 is 0. The van der Waals surface area contributed by atoms with Crippen molar-refractivity contribution >= 4 is 47.3 Å². The van der Waals surface area contributed by atoms with Gasteiger partial charge < -0.3 is 11.1 Å². The molecule has 120 valence electrons. The van der Waals surface area contributed by atoms with E-state index >= 15 is 0 Å². The van der Waals surface area contributed by atoms with E-state index in [0.29, 0.717) is 12.3 Å². The van der Waals surface area contributed by atoms with Crippen LogP contribution < -0.4 is 11.1 Å². The van der Waals surface area contributed by atoms with Gasteiger partial charge in [0.2, 0.25) is 5.91 Å². The minimum absolute atomic E-state index is 0. The highest BCUT2D eigenvalue weighted by atomic mass is 35.5. The zero-order chi connectivity index (χ0) is 13.9. The van der Waals surface area contributed by atoms with Gasteiger partial charge in [-0.3, -0.25) is 9.78 Å². The van der Waals surface area contributed by atoms with Gasteiger partial charge in [-0.25, -0.2) is 0 Å². The van der Waals surface area contributed by atoms with Crippen LogP contribution in [0.4, 0.5) is 5.69 Å². The molecule has 1 aromatic carbocycles. The van der Waals surface area contributed by atoms with E-state index in [1.54, 1.807) is 6.20 Å². The molecule has 22 heavy (non-hydrogen) atoms. The third-order valence-electron chi connectivity index (χ3n) is 4.04. The molecule has 2 atom stereocenters. The number of aromatic nitrogens is 1. The number of para-hydroxylation sites is 1. The maximum Gasteiger partial charge on any atom is 0.224 e. The van der Waals surface area contributed by atoms with E-state index in [0.717, 1.165) is 35.9 Å². The van der Waals surface area contributed by atoms with Gasteiger partial charge in [-0.2, -0.15) is 0 Å². The highest BCUT2D eigenvalue weighted by molar-refractivity contribution is 5.93. The standard InChI is InChI=1S/C16H19N3O.2ClH/c17-14-6-3-5-11(14)9-16(20)19-13-8-12-4-1-2-7-15(12)18-10-13;;/h1-2,4,7-8,10-11,14H,3,5-6,9,17H2,(H,19,20);2*1H/t11-,14+;;/m0../s1. The Bertz CT molecular complexity index is 636. The molecule has 0 spiro atoms. The number of carbonyl (C=O) groups is 1. The van der Waals surface area contributed by atoms with E-state index < -0.39 is 0 Å². The lowest BCUT2D eigenvalue weighted by atomic mass is 10.00. The van der Waals surface area contributed by atoms with E-state index in [4.69, 9.17) is 5.73 Å². The van der Waals surface area contributed by atoms with Crippen molar-refractivity contribution < 1.29 is 4.79 Å². The number of hydrogen-bond acceptors (Lipinski definition) is 3. The van der Waals surface area contributed by atoms with Crippen molar-refractivity contribution in [2.75, 3.05) is 5.32 Å². The van der Waals surface area contributed by atoms with Crippen molar-refractivity contribution in [2.24, 2.45) is 11.7 Å². The second-order valence-corrected chi connectivity index (χ2v) is 5.52. The molecule has 0 saturated heterocycles. The first-order valence-corrected chi connectivity index (χ1v) is 7.12. The lowest BCUT2D eigenvalue weighted by Crippen LogP contribution is -2.28. The minimum Gasteiger partial charge on any atom is -0.327 e. The number of rotatable bonds is 3. The topological polar surface area (TPSA) is 68.0 Å². The monoisotopic (exact) mass is 341 g/mol. The molecule has 1 saturated carbocycles. The summed E-state index contributed by atoms with van der Waals surface area (Å²) in [7, 11) is 0. The van der Waals surface area contributed by atoms with Crippen LogP contribution in [-0.4, -0.2) is 16.9 Å². The summed E-state index contributed by atoms with van der Waals surface area (Å²) in [6.45, 7) is 0. The molecular weight excluding hydrogens is 321 g/mol. The van der Waals surface area contributed by atoms with Gasteiger partial charge in [0, 0.05) is 17.8 Å². The summed E-state index contributed by atoms with van der Waals surface area (Å²) in [5.41, 5.74) is 7.69. The molecule has 0 unspecified atom stereocenters. The Kier molecular flexibility index (Phi) is 7.07. The van der Waals surface area contributed by atoms with E-state index in [1.807, 2.05) is 30.3 Å². The van der Waals surface area contributed by atoms with E-state index in [2.05, 4.69) is 10.3 Å². The van der Waals surface area contributed by atoms with Gasteiger partial charge in [0.05, 0.1) is 17.4 Å². The van der Waals surface area contributed by atoms with E-state index in [-0.39, 0.29) is 36.8 Å². The first kappa shape index (κ1) is 18.7. The van der Waals surface area contributed by atoms with Crippen molar-refractivity contribution in [3.8, 4) is 0 Å². The number of nitrogens with zero attached hydrogens (tertiary/aromatic N) is 1. The number of nitrogens with two attached hydrogens (primary N) is 1. The first-order chi connectivity index (χ1) is 9.72. The third-order valence-corrected chi connectivity index (χ3v) is 4.04. The molecule has 1 aromatic heterocycles. The maximum atomic E-state index is 12.1. The number of amides is 1. The van der Waals surface area contributed by atoms with Crippen molar-refractivity contribution in [3.05, 3.63) is 36.5 Å². The van der Waals surface area contributed by atoms with Gasteiger partial charge in [0.25, 0.3) is 0 Å². The van der Waals surface area contributed by atoms with Crippen molar-refractivity contribution in [1.82, 2.24) is 4.98 Å². The van der Waals surface area contributed by atoms with E-state index in [1.165, 1.54) is 0 Å². The van der Waals surface area contributed by atoms with Gasteiger partial charge in [0.15, 0.2) is 0 Å². The predicted octanol–water partition coefficient (Wildman–Crippen LogP) is 3.53. The van der Waals surface area contributed by atoms with Gasteiger partial charge >= 0.3 is 0 Å². The largest absolute Gasteiger partial charge is 0.327 e. The molecule has 1 amide bonds. The van der Waals surface area contributed by atoms with Crippen LogP contribution in [0.15, 0.2) is 36.5 Å². The molecule has 0 radical (unpaired) electrons. The number of hydrogen-bond donors (Lipinski definition) is 2. The summed E-state index contributed by atoms with van der Waals surface area (Å²) in [5.74, 6) is 0.354. The fourth-order valence-corrected chi connectivity index (χ4v) is 2.91. The van der Waals surface area contributed by atoms with E-state index in [9.17, 15) is 4.79 Å². The molecule has 1 fully saturated rings. The van der Waals surface area contributed by atoms with Crippen LogP contribution in [0.3, 0.4) is 0 Å². The quantitative estimate of drug-likeness (QED) is 0.897. The molecule has 3 rings (SSSR count). The second-order valence-electron chi connectivity index (χ2n) is 5.52. The summed E-state index contributed by atoms with van der Waals surface area (Å²) in [6, 6.07) is 10.00. The molecule has 0 aliphatic heterocycles. The number of nitrogens with one attached hydrogen (secondary N) is 1. The Labute approximate surface area is 142 Å². The number of anilines is 1. The van der Waals surface area contributed by atoms with Crippen LogP contribution in [0.5, 0.6) is 0 Å². The van der Waals surface area contributed by atoms with Crippen LogP contribution in [-0.2, 0) is 4.79 Å². The van der Waals surface area contributed by atoms with Gasteiger partial charge in [-0.15, -0.1) is 24.8 Å². The highest BCUT2D eigenvalue weighted by Gasteiger charge is 2.25. The number of pyridine rings is 1. The van der Waals surface area contributed by atoms with Gasteiger partial charge in [-0.1, -0.05) is 24.6 Å². The average Bonchev–Trinajstić information content (AvgIpc) is 2.84. The predicted molar refractivity (Wildman–Crippen MR) is 94.8 cm³/mol. The zero-order valence-electron chi connectivity index (χ0n) is 12.2. The molecule has 2 aromatic rings. The molecular formula is C16H21Cl2N3O. The SMILES string of the molecule is Cl.Cl.N[C@@H]1CCC[C@H]1CC(=O)Nc1cnc2ccccc2c1. The van der Waals surface area contributed by atoms with Crippen molar-refractivity contribution in [3.63, 3.8) is 0 Å². The van der Waals surface area contributed by atoms with Crippen molar-refractivity contribution in [1.29, 1.82) is 0 Å². The molecule has 6 heteroatoms. The third kappa shape index (κ3) is 4.32. The lowest BCUT2D eigenvalue weighted by Gasteiger charge is -2.14. The Morgan fingerprint density at radius 3 is 2.77 bits per heavy atom. The van der Waals surface area contributed by atoms with Crippen molar-refractivity contribution in [2.45, 2.75) is 31.7 Å². The molecule has 1 aliphatic carbocycles. The summed E-state index contributed by atoms with van der Waals surface area (Å²) < 4.78 is 0. The summed E-state index contributed by atoms with van der Waals surface area (Å²) in [5, 5.41) is 3.95. The first-order valence-electron chi connectivity index (χ1n) is 7.12. The molecule has 1 heterocycles. The van der Waals surface area contributed by atoms with Crippen LogP contribution in [0.25, 0.3) is 10.9 Å². The van der Waals surface area contributed by atoms with Gasteiger partial charge in [-0.05, 0) is 30.9 Å². The Balaban J connectivity index is 0.00000121. The van der Waals surface area contributed by atoms with Gasteiger partial charge in [0.1, 0.15) is 0 Å². The molecule has 0 bridgehead atoms. The van der Waals surface area contributed by atoms with Crippen LogP contribution in [0.2, 0.25) is 0 Å². The second kappa shape index (κ2) is 8.32. The molecule has 1 aliphatic rings. The number of halogens is 2. The number of fused-ring (bicyclic) bond motifs is 1. The molecule has 4 nitrogen and oxygen atoms in total. The highest BCUT2D eigenvalue weighted by Crippen LogP contribution is 2.27. The minimum atomic E-state index is 0. The fraction of sp³-hybridized carbons (Fsp3) is 0.375.